The molecule has 0 bridgehead atoms. The third-order valence-corrected chi connectivity index (χ3v) is 5.14. The van der Waals surface area contributed by atoms with E-state index in [1.54, 1.807) is 0 Å². The largest absolute Gasteiger partial charge is 0.332 e. The van der Waals surface area contributed by atoms with E-state index >= 15 is 0 Å². The molecule has 3 rings (SSSR count). The van der Waals surface area contributed by atoms with E-state index in [2.05, 4.69) is 62.7 Å². The Morgan fingerprint density at radius 2 is 2.00 bits per heavy atom. The van der Waals surface area contributed by atoms with Crippen LogP contribution in [-0.4, -0.2) is 17.9 Å². The first-order valence-corrected chi connectivity index (χ1v) is 8.21. The second kappa shape index (κ2) is 5.22. The third kappa shape index (κ3) is 2.28. The normalized spacial score (nSPS) is 23.3. The van der Waals surface area contributed by atoms with Crippen molar-refractivity contribution in [1.82, 2.24) is 5.32 Å². The van der Waals surface area contributed by atoms with Gasteiger partial charge in [0.2, 0.25) is 11.8 Å². The Morgan fingerprint density at radius 1 is 1.30 bits per heavy atom. The Kier molecular flexibility index (Phi) is 3.58. The third-order valence-electron chi connectivity index (χ3n) is 5.14. The highest BCUT2D eigenvalue weighted by atomic mass is 16.2. The summed E-state index contributed by atoms with van der Waals surface area (Å²) in [5.74, 6) is -0.0558. The quantitative estimate of drug-likeness (QED) is 0.853. The number of carbonyl (C=O) groups excluding carboxylic acids is 2. The fourth-order valence-corrected chi connectivity index (χ4v) is 3.66. The average molecular weight is 312 g/mol. The van der Waals surface area contributed by atoms with Crippen molar-refractivity contribution in [2.24, 2.45) is 0 Å². The molecule has 1 aromatic rings. The fraction of sp³-hybridized carbons (Fsp3) is 0.474. The molecule has 4 nitrogen and oxygen atoms in total. The summed E-state index contributed by atoms with van der Waals surface area (Å²) >= 11 is 0. The Bertz CT molecular complexity index is 703. The minimum Gasteiger partial charge on any atom is -0.332 e. The molecule has 0 radical (unpaired) electrons. The molecule has 0 saturated carbocycles. The van der Waals surface area contributed by atoms with Crippen LogP contribution in [0, 0.1) is 0 Å². The maximum absolute atomic E-state index is 12.4. The van der Waals surface area contributed by atoms with E-state index in [4.69, 9.17) is 0 Å². The number of benzene rings is 1. The van der Waals surface area contributed by atoms with Crippen LogP contribution in [0.5, 0.6) is 0 Å². The van der Waals surface area contributed by atoms with Gasteiger partial charge in [-0.15, -0.1) is 0 Å². The molecular weight excluding hydrogens is 288 g/mol. The topological polar surface area (TPSA) is 49.4 Å². The maximum atomic E-state index is 12.4. The first-order valence-electron chi connectivity index (χ1n) is 8.21. The summed E-state index contributed by atoms with van der Waals surface area (Å²) < 4.78 is 0. The molecule has 122 valence electrons. The van der Waals surface area contributed by atoms with Crippen LogP contribution < -0.4 is 10.2 Å². The smallest absolute Gasteiger partial charge is 0.249 e. The van der Waals surface area contributed by atoms with Gasteiger partial charge in [-0.05, 0) is 23.5 Å². The number of carbonyl (C=O) groups is 2. The molecule has 1 fully saturated rings. The second-order valence-corrected chi connectivity index (χ2v) is 7.31. The number of allylic oxidation sites excluding steroid dienone is 1. The predicted molar refractivity (Wildman–Crippen MR) is 91.3 cm³/mol. The SMILES string of the molecule is C=C1N(C2CCC(=O)NC2=O)c2c(C(C)C)cccc2C1(C)C. The molecular formula is C19H24N2O2. The Balaban J connectivity index is 2.15. The van der Waals surface area contributed by atoms with Crippen LogP contribution in [0.15, 0.2) is 30.5 Å². The molecule has 0 aromatic heterocycles. The molecule has 1 unspecified atom stereocenters. The Hall–Kier alpha value is -2.10. The lowest BCUT2D eigenvalue weighted by atomic mass is 9.83. The number of anilines is 1. The molecule has 1 saturated heterocycles. The van der Waals surface area contributed by atoms with E-state index < -0.39 is 0 Å². The second-order valence-electron chi connectivity index (χ2n) is 7.31. The van der Waals surface area contributed by atoms with Gasteiger partial charge in [0.25, 0.3) is 0 Å². The van der Waals surface area contributed by atoms with Crippen molar-refractivity contribution in [3.63, 3.8) is 0 Å². The number of amides is 2. The van der Waals surface area contributed by atoms with E-state index in [1.807, 2.05) is 0 Å². The summed E-state index contributed by atoms with van der Waals surface area (Å²) in [4.78, 5) is 26.0. The van der Waals surface area contributed by atoms with Gasteiger partial charge in [-0.3, -0.25) is 14.9 Å². The van der Waals surface area contributed by atoms with E-state index in [0.29, 0.717) is 18.8 Å². The fourth-order valence-electron chi connectivity index (χ4n) is 3.66. The van der Waals surface area contributed by atoms with Crippen LogP contribution in [-0.2, 0) is 15.0 Å². The number of fused-ring (bicyclic) bond motifs is 1. The Morgan fingerprint density at radius 3 is 2.61 bits per heavy atom. The molecule has 23 heavy (non-hydrogen) atoms. The molecule has 2 aliphatic heterocycles. The molecule has 0 spiro atoms. The van der Waals surface area contributed by atoms with E-state index in [9.17, 15) is 9.59 Å². The zero-order valence-electron chi connectivity index (χ0n) is 14.3. The van der Waals surface area contributed by atoms with Crippen molar-refractivity contribution >= 4 is 17.5 Å². The molecule has 4 heteroatoms. The number of nitrogens with one attached hydrogen (secondary N) is 1. The summed E-state index contributed by atoms with van der Waals surface area (Å²) in [6.07, 6.45) is 0.908. The number of piperidine rings is 1. The van der Waals surface area contributed by atoms with Crippen molar-refractivity contribution in [2.75, 3.05) is 4.90 Å². The van der Waals surface area contributed by atoms with Gasteiger partial charge < -0.3 is 4.90 Å². The van der Waals surface area contributed by atoms with E-state index in [1.165, 1.54) is 11.1 Å². The molecule has 0 aliphatic carbocycles. The number of hydrogen-bond acceptors (Lipinski definition) is 3. The summed E-state index contributed by atoms with van der Waals surface area (Å²) in [5.41, 5.74) is 4.24. The number of para-hydroxylation sites is 1. The van der Waals surface area contributed by atoms with Gasteiger partial charge in [-0.2, -0.15) is 0 Å². The molecule has 1 aromatic carbocycles. The first kappa shape index (κ1) is 15.8. The number of rotatable bonds is 2. The molecule has 1 atom stereocenters. The van der Waals surface area contributed by atoms with Crippen molar-refractivity contribution in [2.45, 2.75) is 57.9 Å². The van der Waals surface area contributed by atoms with E-state index in [0.717, 1.165) is 11.4 Å². The van der Waals surface area contributed by atoms with Gasteiger partial charge in [0, 0.05) is 23.2 Å². The lowest BCUT2D eigenvalue weighted by Gasteiger charge is -2.35. The van der Waals surface area contributed by atoms with Crippen molar-refractivity contribution < 1.29 is 9.59 Å². The molecule has 2 aliphatic rings. The lowest BCUT2D eigenvalue weighted by molar-refractivity contribution is -0.134. The summed E-state index contributed by atoms with van der Waals surface area (Å²) in [6, 6.07) is 5.97. The lowest BCUT2D eigenvalue weighted by Crippen LogP contribution is -2.52. The van der Waals surface area contributed by atoms with Gasteiger partial charge in [-0.25, -0.2) is 0 Å². The summed E-state index contributed by atoms with van der Waals surface area (Å²) in [7, 11) is 0. The molecule has 2 amide bonds. The highest BCUT2D eigenvalue weighted by molar-refractivity contribution is 6.02. The zero-order chi connectivity index (χ0) is 16.9. The zero-order valence-corrected chi connectivity index (χ0v) is 14.3. The van der Waals surface area contributed by atoms with Gasteiger partial charge in [-0.1, -0.05) is 52.5 Å². The van der Waals surface area contributed by atoms with E-state index in [-0.39, 0.29) is 23.3 Å². The minimum atomic E-state index is -0.361. The summed E-state index contributed by atoms with van der Waals surface area (Å²) in [5, 5.41) is 2.47. The van der Waals surface area contributed by atoms with Crippen LogP contribution >= 0.6 is 0 Å². The maximum Gasteiger partial charge on any atom is 0.249 e. The number of hydrogen-bond donors (Lipinski definition) is 1. The number of imide groups is 1. The monoisotopic (exact) mass is 312 g/mol. The van der Waals surface area contributed by atoms with Crippen molar-refractivity contribution in [1.29, 1.82) is 0 Å². The van der Waals surface area contributed by atoms with Crippen LogP contribution in [0.25, 0.3) is 0 Å². The highest BCUT2D eigenvalue weighted by Crippen LogP contribution is 2.51. The van der Waals surface area contributed by atoms with Crippen LogP contribution in [0.3, 0.4) is 0 Å². The first-order chi connectivity index (χ1) is 10.7. The molecule has 2 heterocycles. The van der Waals surface area contributed by atoms with Gasteiger partial charge in [0.15, 0.2) is 0 Å². The van der Waals surface area contributed by atoms with Crippen LogP contribution in [0.1, 0.15) is 57.6 Å². The molecule has 1 N–H and O–H groups in total. The van der Waals surface area contributed by atoms with Gasteiger partial charge in [0.1, 0.15) is 6.04 Å². The van der Waals surface area contributed by atoms with Crippen molar-refractivity contribution in [3.8, 4) is 0 Å². The van der Waals surface area contributed by atoms with Gasteiger partial charge in [0.05, 0.1) is 0 Å². The van der Waals surface area contributed by atoms with Crippen LogP contribution in [0.2, 0.25) is 0 Å². The highest BCUT2D eigenvalue weighted by Gasteiger charge is 2.46. The Labute approximate surface area is 137 Å². The number of nitrogens with zero attached hydrogens (tertiary/aromatic N) is 1. The predicted octanol–water partition coefficient (Wildman–Crippen LogP) is 3.23. The summed E-state index contributed by atoms with van der Waals surface area (Å²) in [6.45, 7) is 12.9. The van der Waals surface area contributed by atoms with Gasteiger partial charge >= 0.3 is 0 Å². The standard InChI is InChI=1S/C19H24N2O2/c1-11(2)13-7-6-8-14-17(13)21(12(3)19(14,4)5)15-9-10-16(22)20-18(15)23/h6-8,11,15H,3,9-10H2,1-2,4-5H3,(H,20,22,23). The van der Waals surface area contributed by atoms with Crippen molar-refractivity contribution in [3.05, 3.63) is 41.6 Å². The van der Waals surface area contributed by atoms with Crippen LogP contribution in [0.4, 0.5) is 5.69 Å². The average Bonchev–Trinajstić information content (AvgIpc) is 2.68. The minimum absolute atomic E-state index is 0.187.